The molecule has 6 nitrogen and oxygen atoms in total. The van der Waals surface area contributed by atoms with Crippen molar-refractivity contribution in [2.75, 3.05) is 5.73 Å². The normalized spacial score (nSPS) is 11.4. The van der Waals surface area contributed by atoms with E-state index in [-0.39, 0.29) is 16.8 Å². The number of rotatable bonds is 6. The van der Waals surface area contributed by atoms with Gasteiger partial charge in [-0.1, -0.05) is 48.5 Å². The number of primary amides is 1. The van der Waals surface area contributed by atoms with Gasteiger partial charge in [0.05, 0.1) is 11.3 Å². The SMILES string of the molecule is NC(=O)c1cccc(-c2ccc(S(=O)(=O)Oc3c(F)c(F)c(F)c(F)c3F)c(-c3ccccc3)c2)c1N. The van der Waals surface area contributed by atoms with E-state index in [0.29, 0.717) is 16.7 Å². The molecule has 0 aromatic heterocycles. The third-order valence-corrected chi connectivity index (χ3v) is 6.66. The average Bonchev–Trinajstić information content (AvgIpc) is 2.89. The highest BCUT2D eigenvalue weighted by Crippen LogP contribution is 2.37. The number of halogens is 5. The first-order chi connectivity index (χ1) is 17.4. The van der Waals surface area contributed by atoms with Crippen LogP contribution in [0.2, 0.25) is 0 Å². The van der Waals surface area contributed by atoms with E-state index in [4.69, 9.17) is 11.5 Å². The molecule has 0 heterocycles. The number of benzene rings is 4. The number of carbonyl (C=O) groups is 1. The number of para-hydroxylation sites is 1. The van der Waals surface area contributed by atoms with Gasteiger partial charge in [0, 0.05) is 11.1 Å². The van der Waals surface area contributed by atoms with Crippen LogP contribution in [0.3, 0.4) is 0 Å². The van der Waals surface area contributed by atoms with Crippen molar-refractivity contribution in [2.24, 2.45) is 5.73 Å². The molecule has 0 unspecified atom stereocenters. The Labute approximate surface area is 207 Å². The Kier molecular flexibility index (Phi) is 6.61. The molecule has 4 N–H and O–H groups in total. The number of anilines is 1. The third kappa shape index (κ3) is 4.58. The minimum atomic E-state index is -5.16. The van der Waals surface area contributed by atoms with Crippen LogP contribution >= 0.6 is 0 Å². The minimum Gasteiger partial charge on any atom is -0.398 e. The van der Waals surface area contributed by atoms with Gasteiger partial charge in [0.2, 0.25) is 34.8 Å². The molecule has 190 valence electrons. The molecule has 0 saturated heterocycles. The molecule has 4 rings (SSSR count). The highest BCUT2D eigenvalue weighted by molar-refractivity contribution is 7.87. The van der Waals surface area contributed by atoms with Gasteiger partial charge in [-0.15, -0.1) is 0 Å². The van der Waals surface area contributed by atoms with Crippen LogP contribution in [0.1, 0.15) is 10.4 Å². The zero-order valence-electron chi connectivity index (χ0n) is 18.4. The molecule has 0 spiro atoms. The van der Waals surface area contributed by atoms with Crippen LogP contribution in [0.5, 0.6) is 5.75 Å². The van der Waals surface area contributed by atoms with Crippen molar-refractivity contribution < 1.29 is 39.3 Å². The van der Waals surface area contributed by atoms with Gasteiger partial charge in [-0.05, 0) is 29.3 Å². The summed E-state index contributed by atoms with van der Waals surface area (Å²) < 4.78 is 99.5. The Bertz CT molecular complexity index is 1630. The predicted octanol–water partition coefficient (Wildman–Crippen LogP) is 5.16. The Morgan fingerprint density at radius 1 is 0.703 bits per heavy atom. The summed E-state index contributed by atoms with van der Waals surface area (Å²) in [5.41, 5.74) is 12.3. The standard InChI is InChI=1S/C25H15F5N2O4S/c26-18-19(27)21(29)24(22(30)20(18)28)36-37(34,35)17-10-9-13(11-16(17)12-5-2-1-3-6-12)14-7-4-8-15(23(14)31)25(32)33/h1-11H,31H2,(H2,32,33). The maximum atomic E-state index is 14.1. The summed E-state index contributed by atoms with van der Waals surface area (Å²) in [6, 6.07) is 15.9. The molecule has 12 heteroatoms. The number of nitrogen functional groups attached to an aromatic ring is 1. The number of amides is 1. The van der Waals surface area contributed by atoms with E-state index in [9.17, 15) is 35.2 Å². The fourth-order valence-electron chi connectivity index (χ4n) is 3.60. The molecule has 0 saturated carbocycles. The van der Waals surface area contributed by atoms with E-state index >= 15 is 0 Å². The number of carbonyl (C=O) groups excluding carboxylic acids is 1. The lowest BCUT2D eigenvalue weighted by atomic mass is 9.96. The monoisotopic (exact) mass is 534 g/mol. The van der Waals surface area contributed by atoms with E-state index < -0.39 is 55.8 Å². The highest BCUT2D eigenvalue weighted by atomic mass is 32.2. The molecule has 0 bridgehead atoms. The van der Waals surface area contributed by atoms with Crippen molar-refractivity contribution in [3.8, 4) is 28.0 Å². The molecule has 0 aliphatic carbocycles. The largest absolute Gasteiger partial charge is 0.398 e. The summed E-state index contributed by atoms with van der Waals surface area (Å²) in [5, 5.41) is 0. The van der Waals surface area contributed by atoms with Gasteiger partial charge in [0.15, 0.2) is 0 Å². The first-order valence-corrected chi connectivity index (χ1v) is 11.7. The van der Waals surface area contributed by atoms with Crippen LogP contribution in [0.25, 0.3) is 22.3 Å². The van der Waals surface area contributed by atoms with Crippen LogP contribution in [0.4, 0.5) is 27.6 Å². The Balaban J connectivity index is 1.91. The third-order valence-electron chi connectivity index (χ3n) is 5.38. The van der Waals surface area contributed by atoms with Gasteiger partial charge in [0.25, 0.3) is 5.91 Å². The second kappa shape index (κ2) is 9.54. The van der Waals surface area contributed by atoms with Crippen LogP contribution in [0, 0.1) is 29.1 Å². The summed E-state index contributed by atoms with van der Waals surface area (Å²) in [7, 11) is -5.16. The fraction of sp³-hybridized carbons (Fsp3) is 0. The molecule has 0 atom stereocenters. The van der Waals surface area contributed by atoms with Crippen LogP contribution in [-0.2, 0) is 10.1 Å². The predicted molar refractivity (Wildman–Crippen MR) is 124 cm³/mol. The van der Waals surface area contributed by atoms with E-state index in [1.807, 2.05) is 0 Å². The molecule has 37 heavy (non-hydrogen) atoms. The molecule has 4 aromatic rings. The number of hydrogen-bond acceptors (Lipinski definition) is 5. The summed E-state index contributed by atoms with van der Waals surface area (Å²) in [5.74, 6) is -14.9. The van der Waals surface area contributed by atoms with Gasteiger partial charge >= 0.3 is 10.1 Å². The zero-order chi connectivity index (χ0) is 27.1. The van der Waals surface area contributed by atoms with E-state index in [1.54, 1.807) is 24.3 Å². The lowest BCUT2D eigenvalue weighted by Crippen LogP contribution is -2.15. The Morgan fingerprint density at radius 3 is 1.89 bits per heavy atom. The van der Waals surface area contributed by atoms with Crippen molar-refractivity contribution in [2.45, 2.75) is 4.90 Å². The smallest absolute Gasteiger partial charge is 0.340 e. The van der Waals surface area contributed by atoms with Crippen molar-refractivity contribution in [1.29, 1.82) is 0 Å². The van der Waals surface area contributed by atoms with Gasteiger partial charge in [-0.2, -0.15) is 17.2 Å². The molecule has 0 fully saturated rings. The lowest BCUT2D eigenvalue weighted by Gasteiger charge is -2.16. The molecule has 0 aliphatic rings. The zero-order valence-corrected chi connectivity index (χ0v) is 19.3. The Morgan fingerprint density at radius 2 is 1.30 bits per heavy atom. The maximum absolute atomic E-state index is 14.1. The first-order valence-electron chi connectivity index (χ1n) is 10.3. The topological polar surface area (TPSA) is 112 Å². The molecule has 0 aliphatic heterocycles. The summed E-state index contributed by atoms with van der Waals surface area (Å²) in [6.07, 6.45) is 0. The van der Waals surface area contributed by atoms with Crippen LogP contribution in [0.15, 0.2) is 71.6 Å². The number of nitrogens with two attached hydrogens (primary N) is 2. The van der Waals surface area contributed by atoms with E-state index in [0.717, 1.165) is 6.07 Å². The molecule has 4 aromatic carbocycles. The molecule has 0 radical (unpaired) electrons. The van der Waals surface area contributed by atoms with Crippen molar-refractivity contribution in [3.63, 3.8) is 0 Å². The fourth-order valence-corrected chi connectivity index (χ4v) is 4.74. The second-order valence-electron chi connectivity index (χ2n) is 7.64. The van der Waals surface area contributed by atoms with Crippen LogP contribution < -0.4 is 15.7 Å². The molecular weight excluding hydrogens is 519 g/mol. The maximum Gasteiger partial charge on any atom is 0.340 e. The van der Waals surface area contributed by atoms with Crippen molar-refractivity contribution in [3.05, 3.63) is 101 Å². The van der Waals surface area contributed by atoms with E-state index in [2.05, 4.69) is 4.18 Å². The summed E-state index contributed by atoms with van der Waals surface area (Å²) >= 11 is 0. The van der Waals surface area contributed by atoms with Gasteiger partial charge in [-0.25, -0.2) is 13.2 Å². The lowest BCUT2D eigenvalue weighted by molar-refractivity contribution is 0.100. The number of hydrogen-bond donors (Lipinski definition) is 2. The minimum absolute atomic E-state index is 0.0160. The van der Waals surface area contributed by atoms with E-state index in [1.165, 1.54) is 36.4 Å². The highest BCUT2D eigenvalue weighted by Gasteiger charge is 2.32. The molecule has 1 amide bonds. The summed E-state index contributed by atoms with van der Waals surface area (Å²) in [4.78, 5) is 11.0. The average molecular weight is 534 g/mol. The van der Waals surface area contributed by atoms with Crippen molar-refractivity contribution in [1.82, 2.24) is 0 Å². The van der Waals surface area contributed by atoms with Crippen LogP contribution in [-0.4, -0.2) is 14.3 Å². The van der Waals surface area contributed by atoms with Gasteiger partial charge < -0.3 is 15.7 Å². The first kappa shape index (κ1) is 25.6. The Hall–Kier alpha value is -4.45. The molecular formula is C25H15F5N2O4S. The second-order valence-corrected chi connectivity index (χ2v) is 9.16. The summed E-state index contributed by atoms with van der Waals surface area (Å²) in [6.45, 7) is 0. The van der Waals surface area contributed by atoms with Gasteiger partial charge in [-0.3, -0.25) is 4.79 Å². The van der Waals surface area contributed by atoms with Gasteiger partial charge in [0.1, 0.15) is 4.90 Å². The quantitative estimate of drug-likeness (QED) is 0.117. The van der Waals surface area contributed by atoms with Crippen molar-refractivity contribution >= 4 is 21.7 Å².